The molecule has 2 amide bonds. The summed E-state index contributed by atoms with van der Waals surface area (Å²) in [4.78, 5) is 35.1. The number of aliphatic hydroxyl groups is 2. The molecule has 2 aromatic carbocycles. The van der Waals surface area contributed by atoms with Crippen molar-refractivity contribution in [3.05, 3.63) is 114 Å². The number of aromatic nitrogens is 9. The van der Waals surface area contributed by atoms with E-state index in [-0.39, 0.29) is 30.4 Å². The van der Waals surface area contributed by atoms with Gasteiger partial charge in [-0.2, -0.15) is 14.8 Å². The van der Waals surface area contributed by atoms with Crippen molar-refractivity contribution in [1.82, 2.24) is 55.3 Å². The van der Waals surface area contributed by atoms with E-state index in [1.165, 1.54) is 4.80 Å². The van der Waals surface area contributed by atoms with Crippen molar-refractivity contribution < 1.29 is 15.0 Å². The molecule has 0 radical (unpaired) electrons. The number of anilines is 2. The minimum atomic E-state index is -1.13. The van der Waals surface area contributed by atoms with E-state index in [0.717, 1.165) is 16.7 Å². The highest BCUT2D eigenvalue weighted by Crippen LogP contribution is 2.40. The SMILES string of the molecule is CCc1nnn([C@H]2C[C@@H](n3cnc4c(NCC(c5ccccc5)c5ccccc5)nc(N5CCC(NC(=O)NCc6ccncc6)C5)nc43)[C@H](O)[C@@H]2O)n1.Cl. The molecule has 6 aromatic rings. The number of aryl methyl sites for hydroxylation is 1. The van der Waals surface area contributed by atoms with E-state index in [4.69, 9.17) is 15.0 Å². The van der Waals surface area contributed by atoms with Gasteiger partial charge in [-0.25, -0.2) is 9.78 Å². The molecular weight excluding hydrogens is 722 g/mol. The van der Waals surface area contributed by atoms with Crippen LogP contribution in [-0.4, -0.2) is 98.8 Å². The van der Waals surface area contributed by atoms with Gasteiger partial charge in [0.05, 0.1) is 12.4 Å². The lowest BCUT2D eigenvalue weighted by atomic mass is 9.91. The number of urea groups is 1. The van der Waals surface area contributed by atoms with Crippen molar-refractivity contribution in [2.24, 2.45) is 0 Å². The third-order valence-corrected chi connectivity index (χ3v) is 10.4. The highest BCUT2D eigenvalue weighted by atomic mass is 35.5. The minimum Gasteiger partial charge on any atom is -0.388 e. The molecule has 55 heavy (non-hydrogen) atoms. The molecule has 0 spiro atoms. The number of pyridine rings is 1. The number of imidazole rings is 1. The lowest BCUT2D eigenvalue weighted by molar-refractivity contribution is 0.00473. The number of carbonyl (C=O) groups is 1. The number of nitrogens with one attached hydrogen (secondary N) is 3. The topological polar surface area (TPSA) is 197 Å². The van der Waals surface area contributed by atoms with Crippen LogP contribution in [0.25, 0.3) is 11.2 Å². The Bertz CT molecular complexity index is 2130. The Morgan fingerprint density at radius 1 is 0.945 bits per heavy atom. The van der Waals surface area contributed by atoms with E-state index in [2.05, 4.69) is 65.5 Å². The number of rotatable bonds is 12. The van der Waals surface area contributed by atoms with E-state index < -0.39 is 24.3 Å². The van der Waals surface area contributed by atoms with Crippen molar-refractivity contribution in [2.75, 3.05) is 29.9 Å². The van der Waals surface area contributed by atoms with Crippen LogP contribution >= 0.6 is 12.4 Å². The van der Waals surface area contributed by atoms with Gasteiger partial charge in [0.2, 0.25) is 5.95 Å². The Hall–Kier alpha value is -5.71. The van der Waals surface area contributed by atoms with Crippen LogP contribution in [0.15, 0.2) is 91.5 Å². The van der Waals surface area contributed by atoms with Crippen molar-refractivity contribution in [3.63, 3.8) is 0 Å². The maximum absolute atomic E-state index is 12.8. The number of carbonyl (C=O) groups excluding carboxylic acids is 1. The van der Waals surface area contributed by atoms with E-state index in [0.29, 0.717) is 74.2 Å². The second kappa shape index (κ2) is 16.8. The van der Waals surface area contributed by atoms with Gasteiger partial charge in [0.1, 0.15) is 18.2 Å². The fraction of sp³-hybridized carbons (Fsp3) is 0.368. The Labute approximate surface area is 323 Å². The van der Waals surface area contributed by atoms with Gasteiger partial charge in [0.15, 0.2) is 22.8 Å². The highest BCUT2D eigenvalue weighted by Gasteiger charge is 2.45. The average molecular weight is 766 g/mol. The van der Waals surface area contributed by atoms with Crippen LogP contribution in [0.1, 0.15) is 60.3 Å². The summed E-state index contributed by atoms with van der Waals surface area (Å²) >= 11 is 0. The molecule has 5 N–H and O–H groups in total. The molecule has 16 nitrogen and oxygen atoms in total. The van der Waals surface area contributed by atoms with Gasteiger partial charge >= 0.3 is 6.03 Å². The Balaban J connectivity index is 0.00000465. The number of aliphatic hydroxyl groups excluding tert-OH is 2. The van der Waals surface area contributed by atoms with Gasteiger partial charge in [-0.3, -0.25) is 4.98 Å². The lowest BCUT2D eigenvalue weighted by Crippen LogP contribution is -2.43. The van der Waals surface area contributed by atoms with Crippen LogP contribution in [0.3, 0.4) is 0 Å². The zero-order valence-corrected chi connectivity index (χ0v) is 31.1. The third kappa shape index (κ3) is 8.06. The normalized spacial score (nSPS) is 20.8. The number of halogens is 1. The number of hydrogen-bond donors (Lipinski definition) is 5. The summed E-state index contributed by atoms with van der Waals surface area (Å²) in [5.41, 5.74) is 4.33. The summed E-state index contributed by atoms with van der Waals surface area (Å²) in [7, 11) is 0. The molecule has 17 heteroatoms. The zero-order chi connectivity index (χ0) is 37.0. The fourth-order valence-electron chi connectivity index (χ4n) is 7.42. The molecule has 8 rings (SSSR count). The third-order valence-electron chi connectivity index (χ3n) is 10.4. The standard InChI is InChI=1S/C38H43N13O3.ClH/c1-2-31-46-48-51(47-31)30-19-29(33(52)34(30)53)50-23-42-32-35(40-21-28(25-9-5-3-6-10-25)26-11-7-4-8-12-26)44-37(45-36(32)50)49-18-15-27(22-49)43-38(54)41-20-24-13-16-39-17-14-24;/h3-14,16-17,23,27-30,33-34,52-53H,2,15,18-22H2,1H3,(H,40,44,45)(H2,41,43,54);1H/t27?,29-,30+,33+,34-;/m1./s1. The average Bonchev–Trinajstić information content (AvgIpc) is 4.03. The van der Waals surface area contributed by atoms with E-state index in [1.54, 1.807) is 18.7 Å². The van der Waals surface area contributed by atoms with Gasteiger partial charge < -0.3 is 35.6 Å². The van der Waals surface area contributed by atoms with Crippen LogP contribution < -0.4 is 20.9 Å². The molecule has 4 aromatic heterocycles. The van der Waals surface area contributed by atoms with Crippen molar-refractivity contribution in [1.29, 1.82) is 0 Å². The zero-order valence-electron chi connectivity index (χ0n) is 30.3. The molecule has 5 heterocycles. The van der Waals surface area contributed by atoms with Gasteiger partial charge in [-0.05, 0) is 46.9 Å². The van der Waals surface area contributed by atoms with Crippen LogP contribution in [0.4, 0.5) is 16.6 Å². The number of nitrogens with zero attached hydrogens (tertiary/aromatic N) is 10. The Kier molecular flexibility index (Phi) is 11.5. The van der Waals surface area contributed by atoms with Crippen LogP contribution in [-0.2, 0) is 13.0 Å². The van der Waals surface area contributed by atoms with Crippen LogP contribution in [0.2, 0.25) is 0 Å². The summed E-state index contributed by atoms with van der Waals surface area (Å²) in [5.74, 6) is 1.60. The van der Waals surface area contributed by atoms with Gasteiger partial charge in [-0.1, -0.05) is 67.6 Å². The Morgan fingerprint density at radius 3 is 2.35 bits per heavy atom. The van der Waals surface area contributed by atoms with Crippen LogP contribution in [0, 0.1) is 0 Å². The summed E-state index contributed by atoms with van der Waals surface area (Å²) < 4.78 is 1.82. The molecule has 1 aliphatic heterocycles. The first-order valence-corrected chi connectivity index (χ1v) is 18.4. The van der Waals surface area contributed by atoms with Crippen molar-refractivity contribution in [3.8, 4) is 0 Å². The van der Waals surface area contributed by atoms with E-state index in [9.17, 15) is 15.0 Å². The molecule has 1 saturated carbocycles. The van der Waals surface area contributed by atoms with Gasteiger partial charge in [0, 0.05) is 57.0 Å². The predicted molar refractivity (Wildman–Crippen MR) is 208 cm³/mol. The van der Waals surface area contributed by atoms with Gasteiger partial charge in [-0.15, -0.1) is 22.6 Å². The number of benzene rings is 2. The van der Waals surface area contributed by atoms with Crippen molar-refractivity contribution >= 4 is 41.4 Å². The van der Waals surface area contributed by atoms with Gasteiger partial charge in [0.25, 0.3) is 0 Å². The fourth-order valence-corrected chi connectivity index (χ4v) is 7.42. The molecule has 2 fully saturated rings. The molecule has 1 saturated heterocycles. The second-order valence-corrected chi connectivity index (χ2v) is 13.8. The smallest absolute Gasteiger partial charge is 0.315 e. The maximum Gasteiger partial charge on any atom is 0.315 e. The number of amides is 2. The minimum absolute atomic E-state index is 0. The molecule has 1 aliphatic carbocycles. The lowest BCUT2D eigenvalue weighted by Gasteiger charge is -2.22. The summed E-state index contributed by atoms with van der Waals surface area (Å²) in [6, 6.07) is 22.9. The highest BCUT2D eigenvalue weighted by molar-refractivity contribution is 5.85. The molecular formula is C38H44ClN13O3. The first kappa shape index (κ1) is 37.6. The monoisotopic (exact) mass is 765 g/mol. The largest absolute Gasteiger partial charge is 0.388 e. The number of hydrogen-bond acceptors (Lipinski definition) is 12. The molecule has 0 bridgehead atoms. The number of tetrazole rings is 1. The summed E-state index contributed by atoms with van der Waals surface area (Å²) in [6.45, 7) is 3.98. The number of fused-ring (bicyclic) bond motifs is 1. The van der Waals surface area contributed by atoms with E-state index in [1.807, 2.05) is 60.0 Å². The van der Waals surface area contributed by atoms with Crippen LogP contribution in [0.5, 0.6) is 0 Å². The van der Waals surface area contributed by atoms with Crippen molar-refractivity contribution in [2.45, 2.75) is 69.0 Å². The maximum atomic E-state index is 12.8. The first-order valence-electron chi connectivity index (χ1n) is 18.4. The molecule has 2 aliphatic rings. The summed E-state index contributed by atoms with van der Waals surface area (Å²) in [5, 5.41) is 44.8. The second-order valence-electron chi connectivity index (χ2n) is 13.8. The first-order chi connectivity index (χ1) is 26.4. The molecule has 5 atom stereocenters. The summed E-state index contributed by atoms with van der Waals surface area (Å²) in [6.07, 6.45) is 4.43. The van der Waals surface area contributed by atoms with E-state index >= 15 is 0 Å². The predicted octanol–water partition coefficient (Wildman–Crippen LogP) is 3.42. The Morgan fingerprint density at radius 2 is 1.65 bits per heavy atom. The molecule has 1 unspecified atom stereocenters. The quantitative estimate of drug-likeness (QED) is 0.122. The molecule has 286 valence electrons.